The molecule has 0 fully saturated rings. The Hall–Kier alpha value is -2.21. The summed E-state index contributed by atoms with van der Waals surface area (Å²) in [6, 6.07) is 10.5. The fourth-order valence-electron chi connectivity index (χ4n) is 2.07. The van der Waals surface area contributed by atoms with Crippen molar-refractivity contribution in [3.63, 3.8) is 0 Å². The van der Waals surface area contributed by atoms with Crippen molar-refractivity contribution in [2.45, 2.75) is 25.2 Å². The van der Waals surface area contributed by atoms with Gasteiger partial charge in [-0.1, -0.05) is 17.7 Å². The zero-order valence-electron chi connectivity index (χ0n) is 13.0. The van der Waals surface area contributed by atoms with Crippen LogP contribution < -0.4 is 5.32 Å². The van der Waals surface area contributed by atoms with Crippen LogP contribution in [-0.2, 0) is 14.6 Å². The number of anilines is 1. The van der Waals surface area contributed by atoms with E-state index in [1.165, 1.54) is 30.3 Å². The number of carbonyl (C=O) groups is 1. The average molecular weight is 335 g/mol. The summed E-state index contributed by atoms with van der Waals surface area (Å²) in [7, 11) is -3.50. The average Bonchev–Trinajstić information content (AvgIpc) is 2.49. The number of hydrogen-bond acceptors (Lipinski definition) is 3. The van der Waals surface area contributed by atoms with Gasteiger partial charge >= 0.3 is 0 Å². The highest BCUT2D eigenvalue weighted by molar-refractivity contribution is 7.91. The van der Waals surface area contributed by atoms with E-state index in [1.807, 2.05) is 6.92 Å². The minimum Gasteiger partial charge on any atom is -0.326 e. The van der Waals surface area contributed by atoms with Gasteiger partial charge in [0, 0.05) is 12.1 Å². The lowest BCUT2D eigenvalue weighted by molar-refractivity contribution is -0.115. The maximum absolute atomic E-state index is 13.0. The molecule has 2 aromatic rings. The van der Waals surface area contributed by atoms with Gasteiger partial charge in [-0.3, -0.25) is 4.79 Å². The van der Waals surface area contributed by atoms with Gasteiger partial charge < -0.3 is 5.32 Å². The third-order valence-electron chi connectivity index (χ3n) is 3.44. The van der Waals surface area contributed by atoms with Crippen molar-refractivity contribution in [3.05, 3.63) is 59.4 Å². The molecule has 6 heteroatoms. The standard InChI is InChI=1S/C17H18FNO3S/c1-12-3-6-15(7-4-12)23(21,22)10-9-17(20)19-16-8-5-14(18)11-13(16)2/h3-8,11H,9-10H2,1-2H3,(H,19,20). The molecule has 0 heterocycles. The predicted octanol–water partition coefficient (Wildman–Crippen LogP) is 3.25. The molecule has 0 saturated heterocycles. The zero-order chi connectivity index (χ0) is 17.0. The maximum Gasteiger partial charge on any atom is 0.225 e. The number of carbonyl (C=O) groups excluding carboxylic acids is 1. The van der Waals surface area contributed by atoms with Crippen molar-refractivity contribution in [1.82, 2.24) is 0 Å². The highest BCUT2D eigenvalue weighted by Crippen LogP contribution is 2.17. The van der Waals surface area contributed by atoms with Crippen molar-refractivity contribution >= 4 is 21.4 Å². The summed E-state index contributed by atoms with van der Waals surface area (Å²) in [5, 5.41) is 2.60. The molecule has 0 atom stereocenters. The van der Waals surface area contributed by atoms with Crippen LogP contribution in [0.1, 0.15) is 17.5 Å². The van der Waals surface area contributed by atoms with Crippen LogP contribution in [0.15, 0.2) is 47.4 Å². The first-order chi connectivity index (χ1) is 10.8. The van der Waals surface area contributed by atoms with Crippen LogP contribution in [0, 0.1) is 19.7 Å². The number of benzene rings is 2. The molecular formula is C17H18FNO3S. The molecule has 2 rings (SSSR count). The highest BCUT2D eigenvalue weighted by Gasteiger charge is 2.16. The van der Waals surface area contributed by atoms with Gasteiger partial charge in [0.15, 0.2) is 9.84 Å². The predicted molar refractivity (Wildman–Crippen MR) is 87.6 cm³/mol. The van der Waals surface area contributed by atoms with Crippen molar-refractivity contribution in [2.24, 2.45) is 0 Å². The molecule has 23 heavy (non-hydrogen) atoms. The number of sulfone groups is 1. The normalized spacial score (nSPS) is 11.3. The number of aryl methyl sites for hydroxylation is 2. The summed E-state index contributed by atoms with van der Waals surface area (Å²) in [5.74, 6) is -1.08. The van der Waals surface area contributed by atoms with Crippen LogP contribution in [0.2, 0.25) is 0 Å². The summed E-state index contributed by atoms with van der Waals surface area (Å²) >= 11 is 0. The fourth-order valence-corrected chi connectivity index (χ4v) is 3.31. The van der Waals surface area contributed by atoms with E-state index in [0.717, 1.165) is 5.56 Å². The first-order valence-corrected chi connectivity index (χ1v) is 8.78. The lowest BCUT2D eigenvalue weighted by atomic mass is 10.2. The number of rotatable bonds is 5. The molecule has 122 valence electrons. The van der Waals surface area contributed by atoms with Gasteiger partial charge in [0.2, 0.25) is 5.91 Å². The van der Waals surface area contributed by atoms with Crippen LogP contribution in [0.5, 0.6) is 0 Å². The summed E-state index contributed by atoms with van der Waals surface area (Å²) in [6.07, 6.45) is -0.160. The fraction of sp³-hybridized carbons (Fsp3) is 0.235. The Balaban J connectivity index is 1.99. The molecule has 2 aromatic carbocycles. The van der Waals surface area contributed by atoms with E-state index in [1.54, 1.807) is 19.1 Å². The first kappa shape index (κ1) is 17.1. The van der Waals surface area contributed by atoms with E-state index in [9.17, 15) is 17.6 Å². The lowest BCUT2D eigenvalue weighted by Gasteiger charge is -2.09. The molecule has 0 spiro atoms. The Morgan fingerprint density at radius 1 is 1.09 bits per heavy atom. The number of halogens is 1. The van der Waals surface area contributed by atoms with E-state index in [0.29, 0.717) is 11.3 Å². The van der Waals surface area contributed by atoms with Gasteiger partial charge in [-0.25, -0.2) is 12.8 Å². The van der Waals surface area contributed by atoms with Crippen molar-refractivity contribution in [1.29, 1.82) is 0 Å². The van der Waals surface area contributed by atoms with Crippen LogP contribution in [0.25, 0.3) is 0 Å². The van der Waals surface area contributed by atoms with Gasteiger partial charge in [-0.2, -0.15) is 0 Å². The monoisotopic (exact) mass is 335 g/mol. The Kier molecular flexibility index (Phi) is 5.15. The molecule has 0 aliphatic heterocycles. The topological polar surface area (TPSA) is 63.2 Å². The van der Waals surface area contributed by atoms with E-state index < -0.39 is 15.7 Å². The molecule has 0 bridgehead atoms. The number of amides is 1. The smallest absolute Gasteiger partial charge is 0.225 e. The van der Waals surface area contributed by atoms with E-state index in [2.05, 4.69) is 5.32 Å². The molecule has 0 saturated carbocycles. The van der Waals surface area contributed by atoms with Gasteiger partial charge in [0.05, 0.1) is 10.6 Å². The molecule has 1 N–H and O–H groups in total. The second-order valence-corrected chi connectivity index (χ2v) is 7.50. The van der Waals surface area contributed by atoms with E-state index in [4.69, 9.17) is 0 Å². The Morgan fingerprint density at radius 2 is 1.74 bits per heavy atom. The molecule has 0 aliphatic carbocycles. The molecule has 0 aliphatic rings. The molecule has 0 unspecified atom stereocenters. The summed E-state index contributed by atoms with van der Waals surface area (Å²) in [6.45, 7) is 3.54. The van der Waals surface area contributed by atoms with Gasteiger partial charge in [-0.05, 0) is 49.7 Å². The Bertz CT molecular complexity index is 814. The minimum absolute atomic E-state index is 0.160. The van der Waals surface area contributed by atoms with Crippen LogP contribution >= 0.6 is 0 Å². The summed E-state index contributed by atoms with van der Waals surface area (Å²) in [4.78, 5) is 12.1. The second-order valence-electron chi connectivity index (χ2n) is 5.39. The van der Waals surface area contributed by atoms with Gasteiger partial charge in [-0.15, -0.1) is 0 Å². The summed E-state index contributed by atoms with van der Waals surface area (Å²) < 4.78 is 37.4. The number of hydrogen-bond donors (Lipinski definition) is 1. The third-order valence-corrected chi connectivity index (χ3v) is 5.17. The van der Waals surface area contributed by atoms with E-state index in [-0.39, 0.29) is 22.9 Å². The van der Waals surface area contributed by atoms with Crippen molar-refractivity contribution in [3.8, 4) is 0 Å². The minimum atomic E-state index is -3.50. The number of nitrogens with one attached hydrogen (secondary N) is 1. The van der Waals surface area contributed by atoms with Crippen molar-refractivity contribution < 1.29 is 17.6 Å². The first-order valence-electron chi connectivity index (χ1n) is 7.13. The highest BCUT2D eigenvalue weighted by atomic mass is 32.2. The Labute approximate surface area is 135 Å². The SMILES string of the molecule is Cc1ccc(S(=O)(=O)CCC(=O)Nc2ccc(F)cc2C)cc1. The molecule has 0 aromatic heterocycles. The molecule has 0 radical (unpaired) electrons. The van der Waals surface area contributed by atoms with Crippen molar-refractivity contribution in [2.75, 3.05) is 11.1 Å². The quantitative estimate of drug-likeness (QED) is 0.912. The largest absolute Gasteiger partial charge is 0.326 e. The van der Waals surface area contributed by atoms with Gasteiger partial charge in [0.1, 0.15) is 5.82 Å². The molecule has 4 nitrogen and oxygen atoms in total. The second kappa shape index (κ2) is 6.91. The lowest BCUT2D eigenvalue weighted by Crippen LogP contribution is -2.18. The summed E-state index contributed by atoms with van der Waals surface area (Å²) in [5.41, 5.74) is 2.03. The van der Waals surface area contributed by atoms with Gasteiger partial charge in [0.25, 0.3) is 0 Å². The van der Waals surface area contributed by atoms with Crippen LogP contribution in [-0.4, -0.2) is 20.1 Å². The molecule has 1 amide bonds. The Morgan fingerprint density at radius 3 is 2.35 bits per heavy atom. The zero-order valence-corrected chi connectivity index (χ0v) is 13.8. The molecular weight excluding hydrogens is 317 g/mol. The van der Waals surface area contributed by atoms with E-state index >= 15 is 0 Å². The maximum atomic E-state index is 13.0. The van der Waals surface area contributed by atoms with Crippen LogP contribution in [0.3, 0.4) is 0 Å². The third kappa shape index (κ3) is 4.63. The van der Waals surface area contributed by atoms with Crippen LogP contribution in [0.4, 0.5) is 10.1 Å².